The molecule has 7 nitrogen and oxygen atoms in total. The van der Waals surface area contributed by atoms with Crippen molar-refractivity contribution in [1.82, 2.24) is 5.32 Å². The molecule has 0 spiro atoms. The van der Waals surface area contributed by atoms with Gasteiger partial charge in [0.2, 0.25) is 5.75 Å². The summed E-state index contributed by atoms with van der Waals surface area (Å²) >= 11 is 5.32. The number of hydrogen-bond acceptors (Lipinski definition) is 6. The third-order valence-corrected chi connectivity index (χ3v) is 4.54. The molecule has 0 radical (unpaired) electrons. The van der Waals surface area contributed by atoms with E-state index < -0.39 is 11.9 Å². The fourth-order valence-electron chi connectivity index (χ4n) is 3.00. The number of nitrogens with zero attached hydrogens (tertiary/aromatic N) is 1. The molecule has 0 aliphatic carbocycles. The van der Waals surface area contributed by atoms with Crippen molar-refractivity contribution in [1.29, 1.82) is 0 Å². The minimum Gasteiger partial charge on any atom is -0.763 e. The molecule has 0 fully saturated rings. The maximum Gasteiger partial charge on any atom is 0.337 e. The van der Waals surface area contributed by atoms with Gasteiger partial charge in [-0.05, 0) is 24.6 Å². The molecule has 8 heteroatoms. The van der Waals surface area contributed by atoms with Gasteiger partial charge in [-0.15, -0.1) is 0 Å². The fraction of sp³-hybridized carbons (Fsp3) is 0.300. The highest BCUT2D eigenvalue weighted by Crippen LogP contribution is 2.44. The highest BCUT2D eigenvalue weighted by atomic mass is 32.1. The number of esters is 1. The summed E-state index contributed by atoms with van der Waals surface area (Å²) in [5.74, 6) is 1.99. The van der Waals surface area contributed by atoms with Crippen LogP contribution in [0.1, 0.15) is 18.4 Å². The Bertz CT molecular complexity index is 875. The molecular weight excluding hydrogens is 380 g/mol. The average Bonchev–Trinajstić information content (AvgIpc) is 2.70. The lowest BCUT2D eigenvalue weighted by molar-refractivity contribution is -0.138. The van der Waals surface area contributed by atoms with E-state index in [9.17, 15) is 10.2 Å². The highest BCUT2D eigenvalue weighted by molar-refractivity contribution is 7.80. The van der Waals surface area contributed by atoms with Crippen molar-refractivity contribution in [2.45, 2.75) is 12.8 Å². The standard InChI is InChI=1S/C20H21N2O5S/c1-6-7-27-20(23)16-11(2)22-19(28)13(10-21)17(16)12-8-14(24-3)18(26-5)15(9-12)25-4/h6,8-9,17H,1,7H2,2-5H3,(H,22,28)/q-1. The molecule has 0 amide bonds. The molecule has 28 heavy (non-hydrogen) atoms. The van der Waals surface area contributed by atoms with Crippen molar-refractivity contribution in [3.05, 3.63) is 52.6 Å². The number of ether oxygens (including phenoxy) is 4. The quantitative estimate of drug-likeness (QED) is 0.247. The first kappa shape index (κ1) is 21.2. The largest absolute Gasteiger partial charge is 0.763 e. The molecule has 1 aromatic rings. The molecule has 1 N–H and O–H groups in total. The van der Waals surface area contributed by atoms with Gasteiger partial charge >= 0.3 is 5.97 Å². The number of benzene rings is 1. The van der Waals surface area contributed by atoms with Gasteiger partial charge < -0.3 is 29.7 Å². The molecular formula is C20H21N2O5S-. The number of rotatable bonds is 7. The number of carbonyl (C=O) groups is 1. The van der Waals surface area contributed by atoms with Crippen LogP contribution in [0, 0.1) is 0 Å². The Morgan fingerprint density at radius 2 is 1.89 bits per heavy atom. The lowest BCUT2D eigenvalue weighted by Crippen LogP contribution is -2.35. The Kier molecular flexibility index (Phi) is 6.98. The molecule has 1 atom stereocenters. The van der Waals surface area contributed by atoms with Crippen LogP contribution in [0.2, 0.25) is 0 Å². The summed E-state index contributed by atoms with van der Waals surface area (Å²) in [6.45, 7) is 5.30. The zero-order valence-corrected chi connectivity index (χ0v) is 16.9. The van der Waals surface area contributed by atoms with E-state index in [4.69, 9.17) is 31.2 Å². The van der Waals surface area contributed by atoms with E-state index in [-0.39, 0.29) is 22.7 Å². The number of hydrogen-bond donors (Lipinski definition) is 1. The average molecular weight is 401 g/mol. The van der Waals surface area contributed by atoms with Gasteiger partial charge in [-0.3, -0.25) is 5.87 Å². The fourth-order valence-corrected chi connectivity index (χ4v) is 3.31. The van der Waals surface area contributed by atoms with E-state index in [0.717, 1.165) is 0 Å². The minimum atomic E-state index is -0.746. The molecule has 0 saturated heterocycles. The number of nitrogens with one attached hydrogen (secondary N) is 1. The van der Waals surface area contributed by atoms with Gasteiger partial charge in [0.15, 0.2) is 11.5 Å². The Hall–Kier alpha value is -3.09. The number of thiocarbonyl (C=S) groups is 1. The van der Waals surface area contributed by atoms with Crippen LogP contribution in [0.15, 0.2) is 41.6 Å². The van der Waals surface area contributed by atoms with E-state index in [1.807, 2.05) is 0 Å². The van der Waals surface area contributed by atoms with Gasteiger partial charge in [-0.2, -0.15) is 0 Å². The molecule has 1 unspecified atom stereocenters. The number of methoxy groups -OCH3 is 3. The monoisotopic (exact) mass is 401 g/mol. The Balaban J connectivity index is 2.74. The van der Waals surface area contributed by atoms with Crippen LogP contribution in [-0.4, -0.2) is 44.8 Å². The number of carbonyl (C=O) groups excluding carboxylic acids is 1. The van der Waals surface area contributed by atoms with E-state index in [0.29, 0.717) is 28.5 Å². The van der Waals surface area contributed by atoms with Gasteiger partial charge in [-0.25, -0.2) is 4.79 Å². The molecule has 1 aliphatic heterocycles. The van der Waals surface area contributed by atoms with Crippen molar-refractivity contribution in [3.63, 3.8) is 0 Å². The Morgan fingerprint density at radius 3 is 2.36 bits per heavy atom. The summed E-state index contributed by atoms with van der Waals surface area (Å²) in [4.78, 5) is 13.0. The van der Waals surface area contributed by atoms with Crippen molar-refractivity contribution in [2.75, 3.05) is 27.9 Å². The maximum atomic E-state index is 12.7. The first-order chi connectivity index (χ1) is 13.4. The van der Waals surface area contributed by atoms with E-state index in [2.05, 4.69) is 17.8 Å². The summed E-state index contributed by atoms with van der Waals surface area (Å²) in [7, 11) is 4.47. The van der Waals surface area contributed by atoms with Crippen molar-refractivity contribution in [3.8, 4) is 17.2 Å². The predicted molar refractivity (Wildman–Crippen MR) is 110 cm³/mol. The first-order valence-corrected chi connectivity index (χ1v) is 8.71. The van der Waals surface area contributed by atoms with Crippen LogP contribution in [0.3, 0.4) is 0 Å². The normalized spacial score (nSPS) is 16.1. The van der Waals surface area contributed by atoms with Crippen LogP contribution >= 0.6 is 12.2 Å². The third-order valence-electron chi connectivity index (χ3n) is 4.22. The second-order valence-electron chi connectivity index (χ2n) is 5.80. The second-order valence-corrected chi connectivity index (χ2v) is 6.21. The van der Waals surface area contributed by atoms with Crippen LogP contribution < -0.4 is 19.5 Å². The molecule has 1 aromatic carbocycles. The van der Waals surface area contributed by atoms with Gasteiger partial charge in [0.1, 0.15) is 11.6 Å². The number of allylic oxidation sites excluding steroid dienone is 1. The van der Waals surface area contributed by atoms with E-state index in [1.54, 1.807) is 19.1 Å². The molecule has 148 valence electrons. The van der Waals surface area contributed by atoms with Crippen molar-refractivity contribution >= 4 is 29.0 Å². The SMILES string of the molecule is C=CCOC(=O)C1=C(C)NC(=S)C(=C=[N-])C1c1cc(OC)c(OC)c(OC)c1. The lowest BCUT2D eigenvalue weighted by atomic mass is 9.81. The Morgan fingerprint density at radius 1 is 1.29 bits per heavy atom. The third kappa shape index (κ3) is 3.93. The smallest absolute Gasteiger partial charge is 0.337 e. The molecule has 0 aromatic heterocycles. The van der Waals surface area contributed by atoms with E-state index in [1.165, 1.54) is 27.4 Å². The minimum absolute atomic E-state index is 0.0456. The maximum absolute atomic E-state index is 12.7. The molecule has 0 bridgehead atoms. The lowest BCUT2D eigenvalue weighted by Gasteiger charge is -2.31. The molecule has 0 saturated carbocycles. The zero-order chi connectivity index (χ0) is 20.8. The van der Waals surface area contributed by atoms with Crippen LogP contribution in [-0.2, 0) is 9.53 Å². The molecule has 1 aliphatic rings. The molecule has 2 rings (SSSR count). The summed E-state index contributed by atoms with van der Waals surface area (Å²) in [5.41, 5.74) is 1.60. The topological polar surface area (TPSA) is 88.3 Å². The predicted octanol–water partition coefficient (Wildman–Crippen LogP) is 2.90. The van der Waals surface area contributed by atoms with E-state index >= 15 is 0 Å². The van der Waals surface area contributed by atoms with Crippen molar-refractivity contribution in [2.24, 2.45) is 0 Å². The van der Waals surface area contributed by atoms with Gasteiger partial charge in [0.25, 0.3) is 0 Å². The van der Waals surface area contributed by atoms with Gasteiger partial charge in [-0.1, -0.05) is 24.9 Å². The Labute approximate surface area is 169 Å². The van der Waals surface area contributed by atoms with Crippen molar-refractivity contribution < 1.29 is 23.7 Å². The van der Waals surface area contributed by atoms with Crippen LogP contribution in [0.4, 0.5) is 0 Å². The highest BCUT2D eigenvalue weighted by Gasteiger charge is 2.35. The van der Waals surface area contributed by atoms with Gasteiger partial charge in [0.05, 0.1) is 32.8 Å². The second kappa shape index (κ2) is 9.21. The van der Waals surface area contributed by atoms with Crippen LogP contribution in [0.5, 0.6) is 17.2 Å². The first-order valence-electron chi connectivity index (χ1n) is 8.30. The summed E-state index contributed by atoms with van der Waals surface area (Å²) in [5, 5.41) is 12.6. The zero-order valence-electron chi connectivity index (χ0n) is 16.1. The summed E-state index contributed by atoms with van der Waals surface area (Å²) < 4.78 is 21.4. The molecule has 1 heterocycles. The van der Waals surface area contributed by atoms with Crippen LogP contribution in [0.25, 0.3) is 5.41 Å². The van der Waals surface area contributed by atoms with Gasteiger partial charge in [0, 0.05) is 11.3 Å². The summed E-state index contributed by atoms with van der Waals surface area (Å²) in [6, 6.07) is 3.37. The summed E-state index contributed by atoms with van der Waals surface area (Å²) in [6.07, 6.45) is 1.47.